The van der Waals surface area contributed by atoms with E-state index in [1.165, 1.54) is 0 Å². The van der Waals surface area contributed by atoms with Gasteiger partial charge in [-0.1, -0.05) is 13.8 Å². The minimum absolute atomic E-state index is 0.214. The number of aromatic nitrogens is 1. The zero-order valence-electron chi connectivity index (χ0n) is 9.99. The molecule has 1 aromatic carbocycles. The molecule has 0 unspecified atom stereocenters. The van der Waals surface area contributed by atoms with E-state index in [1.54, 1.807) is 6.07 Å². The fourth-order valence-electron chi connectivity index (χ4n) is 1.53. The first-order valence-electron chi connectivity index (χ1n) is 5.66. The van der Waals surface area contributed by atoms with Gasteiger partial charge < -0.3 is 4.98 Å². The largest absolute Gasteiger partial charge is 0.361 e. The van der Waals surface area contributed by atoms with Crippen LogP contribution in [0.5, 0.6) is 0 Å². The topological polar surface area (TPSA) is 54.1 Å². The van der Waals surface area contributed by atoms with E-state index in [9.17, 15) is 4.79 Å². The third-order valence-electron chi connectivity index (χ3n) is 2.40. The van der Waals surface area contributed by atoms with Gasteiger partial charge in [-0.15, -0.1) is 0 Å². The number of nitrogens with one attached hydrogen (secondary N) is 2. The minimum Gasteiger partial charge on any atom is -0.361 e. The predicted molar refractivity (Wildman–Crippen MR) is 66.6 cm³/mol. The molecule has 0 bridgehead atoms. The normalized spacial score (nSPS) is 11.0. The zero-order chi connectivity index (χ0) is 12.3. The molecular formula is C13H16N2O2. The van der Waals surface area contributed by atoms with E-state index >= 15 is 0 Å². The summed E-state index contributed by atoms with van der Waals surface area (Å²) < 4.78 is 0. The summed E-state index contributed by atoms with van der Waals surface area (Å²) in [7, 11) is 0. The molecule has 2 N–H and O–H groups in total. The Labute approximate surface area is 99.9 Å². The molecule has 4 heteroatoms. The number of hydroxylamine groups is 1. The van der Waals surface area contributed by atoms with Gasteiger partial charge in [0.15, 0.2) is 0 Å². The average Bonchev–Trinajstić information content (AvgIpc) is 2.75. The Morgan fingerprint density at radius 2 is 2.24 bits per heavy atom. The second-order valence-corrected chi connectivity index (χ2v) is 4.42. The van der Waals surface area contributed by atoms with Crippen molar-refractivity contribution in [2.45, 2.75) is 13.8 Å². The number of carbonyl (C=O) groups is 1. The Bertz CT molecular complexity index is 517. The van der Waals surface area contributed by atoms with Gasteiger partial charge in [0.2, 0.25) is 0 Å². The lowest BCUT2D eigenvalue weighted by atomic mass is 10.1. The Balaban J connectivity index is 2.03. The van der Waals surface area contributed by atoms with Crippen LogP contribution in [-0.4, -0.2) is 17.5 Å². The van der Waals surface area contributed by atoms with Gasteiger partial charge in [-0.05, 0) is 30.2 Å². The third kappa shape index (κ3) is 2.85. The Morgan fingerprint density at radius 3 is 3.00 bits per heavy atom. The maximum atomic E-state index is 11.7. The highest BCUT2D eigenvalue weighted by molar-refractivity contribution is 5.97. The van der Waals surface area contributed by atoms with E-state index in [0.29, 0.717) is 18.1 Å². The lowest BCUT2D eigenvalue weighted by Crippen LogP contribution is -2.25. The quantitative estimate of drug-likeness (QED) is 0.796. The second-order valence-electron chi connectivity index (χ2n) is 4.42. The van der Waals surface area contributed by atoms with Crippen LogP contribution in [0.1, 0.15) is 24.2 Å². The van der Waals surface area contributed by atoms with Crippen LogP contribution in [0.2, 0.25) is 0 Å². The summed E-state index contributed by atoms with van der Waals surface area (Å²) in [6.45, 7) is 4.56. The summed E-state index contributed by atoms with van der Waals surface area (Å²) >= 11 is 0. The van der Waals surface area contributed by atoms with E-state index in [2.05, 4.69) is 10.5 Å². The number of aromatic amines is 1. The number of carbonyl (C=O) groups excluding carboxylic acids is 1. The van der Waals surface area contributed by atoms with Crippen LogP contribution in [0, 0.1) is 5.92 Å². The molecule has 0 saturated carbocycles. The highest BCUT2D eigenvalue weighted by Crippen LogP contribution is 2.14. The Morgan fingerprint density at radius 1 is 1.41 bits per heavy atom. The molecule has 0 fully saturated rings. The SMILES string of the molecule is CC(C)CONC(=O)c1ccc2[nH]ccc2c1. The van der Waals surface area contributed by atoms with Crippen LogP contribution in [-0.2, 0) is 4.84 Å². The van der Waals surface area contributed by atoms with E-state index in [4.69, 9.17) is 4.84 Å². The summed E-state index contributed by atoms with van der Waals surface area (Å²) in [5.74, 6) is 0.177. The fourth-order valence-corrected chi connectivity index (χ4v) is 1.53. The van der Waals surface area contributed by atoms with Crippen molar-refractivity contribution in [1.29, 1.82) is 0 Å². The highest BCUT2D eigenvalue weighted by Gasteiger charge is 2.06. The van der Waals surface area contributed by atoms with Crippen molar-refractivity contribution in [2.75, 3.05) is 6.61 Å². The molecule has 1 aromatic heterocycles. The van der Waals surface area contributed by atoms with Gasteiger partial charge in [0.05, 0.1) is 6.61 Å². The number of hydrogen-bond donors (Lipinski definition) is 2. The van der Waals surface area contributed by atoms with Crippen molar-refractivity contribution in [3.63, 3.8) is 0 Å². The van der Waals surface area contributed by atoms with Crippen molar-refractivity contribution >= 4 is 16.8 Å². The molecule has 0 aliphatic heterocycles. The standard InChI is InChI=1S/C13H16N2O2/c1-9(2)8-17-15-13(16)11-3-4-12-10(7-11)5-6-14-12/h3-7,9,14H,8H2,1-2H3,(H,15,16). The smallest absolute Gasteiger partial charge is 0.274 e. The highest BCUT2D eigenvalue weighted by atomic mass is 16.6. The summed E-state index contributed by atoms with van der Waals surface area (Å²) in [5, 5.41) is 1.02. The number of hydrogen-bond acceptors (Lipinski definition) is 2. The molecule has 2 rings (SSSR count). The van der Waals surface area contributed by atoms with Crippen molar-refractivity contribution in [3.8, 4) is 0 Å². The number of fused-ring (bicyclic) bond motifs is 1. The van der Waals surface area contributed by atoms with Crippen LogP contribution in [0.15, 0.2) is 30.5 Å². The number of benzene rings is 1. The van der Waals surface area contributed by atoms with E-state index in [-0.39, 0.29) is 5.91 Å². The molecule has 0 radical (unpaired) electrons. The first-order valence-corrected chi connectivity index (χ1v) is 5.66. The number of amides is 1. The van der Waals surface area contributed by atoms with Gasteiger partial charge in [-0.2, -0.15) is 0 Å². The predicted octanol–water partition coefficient (Wildman–Crippen LogP) is 2.49. The van der Waals surface area contributed by atoms with E-state index < -0.39 is 0 Å². The molecule has 0 atom stereocenters. The third-order valence-corrected chi connectivity index (χ3v) is 2.40. The molecule has 0 spiro atoms. The lowest BCUT2D eigenvalue weighted by molar-refractivity contribution is 0.0209. The maximum absolute atomic E-state index is 11.7. The van der Waals surface area contributed by atoms with Gasteiger partial charge in [0.25, 0.3) is 5.91 Å². The van der Waals surface area contributed by atoms with Gasteiger partial charge in [-0.25, -0.2) is 5.48 Å². The van der Waals surface area contributed by atoms with E-state index in [1.807, 2.05) is 38.2 Å². The summed E-state index contributed by atoms with van der Waals surface area (Å²) in [6, 6.07) is 7.42. The molecule has 0 saturated heterocycles. The molecular weight excluding hydrogens is 216 g/mol. The number of rotatable bonds is 4. The molecule has 0 aliphatic carbocycles. The van der Waals surface area contributed by atoms with Crippen molar-refractivity contribution in [3.05, 3.63) is 36.0 Å². The van der Waals surface area contributed by atoms with Crippen molar-refractivity contribution in [1.82, 2.24) is 10.5 Å². The van der Waals surface area contributed by atoms with Crippen LogP contribution < -0.4 is 5.48 Å². The minimum atomic E-state index is -0.214. The molecule has 4 nitrogen and oxygen atoms in total. The monoisotopic (exact) mass is 232 g/mol. The molecule has 17 heavy (non-hydrogen) atoms. The molecule has 90 valence electrons. The van der Waals surface area contributed by atoms with Crippen LogP contribution in [0.3, 0.4) is 0 Å². The molecule has 1 amide bonds. The lowest BCUT2D eigenvalue weighted by Gasteiger charge is -2.07. The van der Waals surface area contributed by atoms with Crippen LogP contribution >= 0.6 is 0 Å². The van der Waals surface area contributed by atoms with Crippen LogP contribution in [0.4, 0.5) is 0 Å². The summed E-state index contributed by atoms with van der Waals surface area (Å²) in [5.41, 5.74) is 4.05. The first kappa shape index (κ1) is 11.7. The van der Waals surface area contributed by atoms with Crippen molar-refractivity contribution in [2.24, 2.45) is 5.92 Å². The average molecular weight is 232 g/mol. The van der Waals surface area contributed by atoms with Gasteiger partial charge in [-0.3, -0.25) is 9.63 Å². The zero-order valence-corrected chi connectivity index (χ0v) is 9.99. The van der Waals surface area contributed by atoms with Gasteiger partial charge in [0.1, 0.15) is 0 Å². The van der Waals surface area contributed by atoms with Gasteiger partial charge in [0, 0.05) is 22.7 Å². The Kier molecular flexibility index (Phi) is 3.44. The number of H-pyrrole nitrogens is 1. The first-order chi connectivity index (χ1) is 8.16. The fraction of sp³-hybridized carbons (Fsp3) is 0.308. The maximum Gasteiger partial charge on any atom is 0.274 e. The Hall–Kier alpha value is -1.81. The molecule has 1 heterocycles. The van der Waals surface area contributed by atoms with Gasteiger partial charge >= 0.3 is 0 Å². The summed E-state index contributed by atoms with van der Waals surface area (Å²) in [4.78, 5) is 19.9. The summed E-state index contributed by atoms with van der Waals surface area (Å²) in [6.07, 6.45) is 1.85. The second kappa shape index (κ2) is 5.01. The van der Waals surface area contributed by atoms with Crippen molar-refractivity contribution < 1.29 is 9.63 Å². The van der Waals surface area contributed by atoms with Crippen LogP contribution in [0.25, 0.3) is 10.9 Å². The molecule has 0 aliphatic rings. The molecule has 2 aromatic rings. The van der Waals surface area contributed by atoms with E-state index in [0.717, 1.165) is 10.9 Å².